The van der Waals surface area contributed by atoms with Crippen LogP contribution in [-0.2, 0) is 6.42 Å². The number of carbonyl (C=O) groups excluding carboxylic acids is 1. The number of amides is 1. The second kappa shape index (κ2) is 6.61. The molecule has 3 aromatic rings. The summed E-state index contributed by atoms with van der Waals surface area (Å²) in [6.45, 7) is 3.64. The van der Waals surface area contributed by atoms with E-state index in [4.69, 9.17) is 5.73 Å². The molecule has 0 spiro atoms. The van der Waals surface area contributed by atoms with E-state index < -0.39 is 5.82 Å². The number of nitrogens with two attached hydrogens (primary N) is 1. The van der Waals surface area contributed by atoms with E-state index in [2.05, 4.69) is 15.3 Å². The van der Waals surface area contributed by atoms with Crippen molar-refractivity contribution < 1.29 is 9.18 Å². The number of nitrogens with one attached hydrogen (secondary N) is 1. The lowest BCUT2D eigenvalue weighted by Crippen LogP contribution is -2.31. The lowest BCUT2D eigenvalue weighted by atomic mass is 9.87. The number of benzene rings is 2. The Bertz CT molecular complexity index is 1060. The Hall–Kier alpha value is -3.02. The number of halogens is 1. The van der Waals surface area contributed by atoms with Crippen LogP contribution in [0.2, 0.25) is 0 Å². The first-order valence-electron chi connectivity index (χ1n) is 9.06. The van der Waals surface area contributed by atoms with E-state index in [1.165, 1.54) is 12.1 Å². The highest BCUT2D eigenvalue weighted by Gasteiger charge is 2.24. The molecule has 4 rings (SSSR count). The molecule has 0 aliphatic heterocycles. The van der Waals surface area contributed by atoms with Gasteiger partial charge in [-0.2, -0.15) is 0 Å². The Kier molecular flexibility index (Phi) is 4.26. The van der Waals surface area contributed by atoms with Crippen LogP contribution in [0.25, 0.3) is 11.0 Å². The highest BCUT2D eigenvalue weighted by Crippen LogP contribution is 2.31. The molecule has 27 heavy (non-hydrogen) atoms. The monoisotopic (exact) mass is 364 g/mol. The second-order valence-electron chi connectivity index (χ2n) is 7.09. The Morgan fingerprint density at radius 2 is 1.96 bits per heavy atom. The van der Waals surface area contributed by atoms with Gasteiger partial charge in [0.15, 0.2) is 0 Å². The molecule has 0 radical (unpaired) electrons. The van der Waals surface area contributed by atoms with Gasteiger partial charge in [0.25, 0.3) is 5.91 Å². The molecule has 5 nitrogen and oxygen atoms in total. The Morgan fingerprint density at radius 3 is 2.78 bits per heavy atom. The van der Waals surface area contributed by atoms with Gasteiger partial charge in [-0.25, -0.2) is 14.4 Å². The number of nitrogen functional groups attached to an aromatic ring is 1. The van der Waals surface area contributed by atoms with Crippen LogP contribution in [0.5, 0.6) is 0 Å². The first-order chi connectivity index (χ1) is 12.9. The lowest BCUT2D eigenvalue weighted by molar-refractivity contribution is 0.0934. The normalized spacial score (nSPS) is 16.2. The Labute approximate surface area is 156 Å². The SMILES string of the molecule is Cc1nc2cc(F)cc(C(=O)NC3CCCc4cc(N)ccc43)c2nc1C. The number of rotatable bonds is 2. The molecule has 1 amide bonds. The zero-order valence-corrected chi connectivity index (χ0v) is 15.3. The molecular weight excluding hydrogens is 343 g/mol. The zero-order chi connectivity index (χ0) is 19.1. The number of fused-ring (bicyclic) bond motifs is 2. The summed E-state index contributed by atoms with van der Waals surface area (Å²) in [6.07, 6.45) is 2.74. The van der Waals surface area contributed by atoms with E-state index in [1.807, 2.05) is 32.0 Å². The largest absolute Gasteiger partial charge is 0.399 e. The molecule has 1 aliphatic rings. The minimum atomic E-state index is -0.498. The van der Waals surface area contributed by atoms with Crippen molar-refractivity contribution in [2.75, 3.05) is 5.73 Å². The van der Waals surface area contributed by atoms with Crippen molar-refractivity contribution in [3.05, 3.63) is 64.2 Å². The van der Waals surface area contributed by atoms with Crippen molar-refractivity contribution >= 4 is 22.6 Å². The molecule has 138 valence electrons. The number of carbonyl (C=O) groups is 1. The first-order valence-corrected chi connectivity index (χ1v) is 9.06. The first kappa shape index (κ1) is 17.4. The van der Waals surface area contributed by atoms with E-state index in [0.29, 0.717) is 11.0 Å². The van der Waals surface area contributed by atoms with Gasteiger partial charge in [0.05, 0.1) is 28.5 Å². The molecule has 1 aliphatic carbocycles. The molecular formula is C21H21FN4O. The maximum absolute atomic E-state index is 14.1. The minimum absolute atomic E-state index is 0.125. The van der Waals surface area contributed by atoms with Gasteiger partial charge in [0.1, 0.15) is 11.3 Å². The molecule has 2 aromatic carbocycles. The van der Waals surface area contributed by atoms with Crippen LogP contribution in [0, 0.1) is 19.7 Å². The van der Waals surface area contributed by atoms with Gasteiger partial charge in [-0.05, 0) is 62.4 Å². The van der Waals surface area contributed by atoms with E-state index in [1.54, 1.807) is 0 Å². The third-order valence-electron chi connectivity index (χ3n) is 5.18. The average Bonchev–Trinajstić information content (AvgIpc) is 2.62. The van der Waals surface area contributed by atoms with Crippen molar-refractivity contribution in [2.24, 2.45) is 0 Å². The summed E-state index contributed by atoms with van der Waals surface area (Å²) in [5, 5.41) is 3.05. The average molecular weight is 364 g/mol. The van der Waals surface area contributed by atoms with Crippen molar-refractivity contribution in [2.45, 2.75) is 39.2 Å². The van der Waals surface area contributed by atoms with Gasteiger partial charge in [-0.15, -0.1) is 0 Å². The van der Waals surface area contributed by atoms with Crippen molar-refractivity contribution in [3.63, 3.8) is 0 Å². The summed E-state index contributed by atoms with van der Waals surface area (Å²) in [5.41, 5.74) is 11.3. The van der Waals surface area contributed by atoms with Gasteiger partial charge < -0.3 is 11.1 Å². The molecule has 6 heteroatoms. The molecule has 1 unspecified atom stereocenters. The fourth-order valence-corrected chi connectivity index (χ4v) is 3.69. The number of nitrogens with zero attached hydrogens (tertiary/aromatic N) is 2. The van der Waals surface area contributed by atoms with E-state index >= 15 is 0 Å². The van der Waals surface area contributed by atoms with Gasteiger partial charge >= 0.3 is 0 Å². The van der Waals surface area contributed by atoms with Gasteiger partial charge in [0.2, 0.25) is 0 Å². The summed E-state index contributed by atoms with van der Waals surface area (Å²) in [6, 6.07) is 8.19. The maximum Gasteiger partial charge on any atom is 0.254 e. The van der Waals surface area contributed by atoms with E-state index in [0.717, 1.165) is 47.5 Å². The van der Waals surface area contributed by atoms with Crippen LogP contribution in [0.3, 0.4) is 0 Å². The predicted molar refractivity (Wildman–Crippen MR) is 103 cm³/mol. The number of aromatic nitrogens is 2. The predicted octanol–water partition coefficient (Wildman–Crippen LogP) is 3.78. The maximum atomic E-state index is 14.1. The van der Waals surface area contributed by atoms with Gasteiger partial charge in [0, 0.05) is 11.8 Å². The fraction of sp³-hybridized carbons (Fsp3) is 0.286. The number of anilines is 1. The van der Waals surface area contributed by atoms with Crippen LogP contribution >= 0.6 is 0 Å². The number of hydrogen-bond acceptors (Lipinski definition) is 4. The standard InChI is InChI=1S/C21H21FN4O/c1-11-12(2)25-20-17(9-14(22)10-19(20)24-11)21(27)26-18-5-3-4-13-8-15(23)6-7-16(13)18/h6-10,18H,3-5,23H2,1-2H3,(H,26,27). The molecule has 0 saturated carbocycles. The molecule has 3 N–H and O–H groups in total. The third-order valence-corrected chi connectivity index (χ3v) is 5.18. The highest BCUT2D eigenvalue weighted by molar-refractivity contribution is 6.05. The van der Waals surface area contributed by atoms with E-state index in [9.17, 15) is 9.18 Å². The van der Waals surface area contributed by atoms with Crippen LogP contribution in [0.15, 0.2) is 30.3 Å². The van der Waals surface area contributed by atoms with E-state index in [-0.39, 0.29) is 17.5 Å². The zero-order valence-electron chi connectivity index (χ0n) is 15.3. The number of hydrogen-bond donors (Lipinski definition) is 2. The molecule has 0 saturated heterocycles. The summed E-state index contributed by atoms with van der Waals surface area (Å²) in [4.78, 5) is 21.8. The number of aryl methyl sites for hydroxylation is 3. The minimum Gasteiger partial charge on any atom is -0.399 e. The topological polar surface area (TPSA) is 80.9 Å². The Morgan fingerprint density at radius 1 is 1.19 bits per heavy atom. The Balaban J connectivity index is 1.72. The second-order valence-corrected chi connectivity index (χ2v) is 7.09. The highest BCUT2D eigenvalue weighted by atomic mass is 19.1. The van der Waals surface area contributed by atoms with Crippen LogP contribution < -0.4 is 11.1 Å². The van der Waals surface area contributed by atoms with Crippen molar-refractivity contribution in [3.8, 4) is 0 Å². The van der Waals surface area contributed by atoms with Crippen LogP contribution in [-0.4, -0.2) is 15.9 Å². The summed E-state index contributed by atoms with van der Waals surface area (Å²) in [5.74, 6) is -0.839. The third kappa shape index (κ3) is 3.23. The molecule has 0 bridgehead atoms. The summed E-state index contributed by atoms with van der Waals surface area (Å²) < 4.78 is 14.1. The van der Waals surface area contributed by atoms with Gasteiger partial charge in [-0.1, -0.05) is 6.07 Å². The van der Waals surface area contributed by atoms with Crippen molar-refractivity contribution in [1.82, 2.24) is 15.3 Å². The molecule has 0 fully saturated rings. The fourth-order valence-electron chi connectivity index (χ4n) is 3.69. The summed E-state index contributed by atoms with van der Waals surface area (Å²) in [7, 11) is 0. The van der Waals surface area contributed by atoms with Crippen LogP contribution in [0.1, 0.15) is 51.8 Å². The quantitative estimate of drug-likeness (QED) is 0.678. The lowest BCUT2D eigenvalue weighted by Gasteiger charge is -2.27. The van der Waals surface area contributed by atoms with Crippen LogP contribution in [0.4, 0.5) is 10.1 Å². The summed E-state index contributed by atoms with van der Waals surface area (Å²) >= 11 is 0. The van der Waals surface area contributed by atoms with Crippen molar-refractivity contribution in [1.29, 1.82) is 0 Å². The molecule has 1 heterocycles. The smallest absolute Gasteiger partial charge is 0.254 e. The molecule has 1 aromatic heterocycles. The molecule has 1 atom stereocenters. The van der Waals surface area contributed by atoms with Gasteiger partial charge in [-0.3, -0.25) is 4.79 Å².